The molecule has 0 aliphatic heterocycles. The molecule has 0 aliphatic rings. The summed E-state index contributed by atoms with van der Waals surface area (Å²) in [5.41, 5.74) is 4.17. The number of fused-ring (bicyclic) bond motifs is 4. The van der Waals surface area contributed by atoms with E-state index < -0.39 is 23.1 Å². The Hall–Kier alpha value is -3.54. The molecule has 0 N–H and O–H groups in total. The molecule has 0 radical (unpaired) electrons. The van der Waals surface area contributed by atoms with Crippen molar-refractivity contribution < 1.29 is 27.9 Å². The first kappa shape index (κ1) is 22.6. The van der Waals surface area contributed by atoms with E-state index in [1.165, 1.54) is 6.08 Å². The van der Waals surface area contributed by atoms with Crippen LogP contribution in [0, 0.1) is 0 Å². The lowest BCUT2D eigenvalue weighted by atomic mass is 9.84. The summed E-state index contributed by atoms with van der Waals surface area (Å²) in [5, 5.41) is 0. The molecule has 1 unspecified atom stereocenters. The van der Waals surface area contributed by atoms with Crippen molar-refractivity contribution >= 4 is 34.3 Å². The lowest BCUT2D eigenvalue weighted by Gasteiger charge is -2.32. The predicted molar refractivity (Wildman–Crippen MR) is 125 cm³/mol. The fraction of sp³-hybridized carbons (Fsp3) is 0.333. The minimum atomic E-state index is -0.854. The van der Waals surface area contributed by atoms with Gasteiger partial charge in [-0.25, -0.2) is 9.59 Å². The molecule has 0 spiro atoms. The van der Waals surface area contributed by atoms with Gasteiger partial charge in [-0.3, -0.25) is 0 Å². The zero-order valence-corrected chi connectivity index (χ0v) is 19.4. The molecule has 1 atom stereocenters. The van der Waals surface area contributed by atoms with E-state index in [4.69, 9.17) is 18.3 Å². The molecular weight excluding hydrogens is 420 g/mol. The molecule has 0 aromatic carbocycles. The maximum Gasteiger partial charge on any atom is 0.333 e. The lowest BCUT2D eigenvalue weighted by molar-refractivity contribution is -0.156. The quantitative estimate of drug-likeness (QED) is 0.207. The smallest absolute Gasteiger partial charge is 0.333 e. The van der Waals surface area contributed by atoms with Crippen LogP contribution >= 0.6 is 0 Å². The van der Waals surface area contributed by atoms with Crippen molar-refractivity contribution in [3.05, 3.63) is 71.8 Å². The molecule has 4 heterocycles. The molecule has 4 aromatic heterocycles. The molecule has 0 aliphatic carbocycles. The van der Waals surface area contributed by atoms with Crippen LogP contribution in [0.3, 0.4) is 0 Å². The number of rotatable bonds is 10. The van der Waals surface area contributed by atoms with Crippen molar-refractivity contribution in [1.29, 1.82) is 0 Å². The molecule has 6 nitrogen and oxygen atoms in total. The van der Waals surface area contributed by atoms with E-state index in [9.17, 15) is 9.59 Å². The van der Waals surface area contributed by atoms with E-state index in [1.807, 2.05) is 51.1 Å². The molecule has 172 valence electrons. The Morgan fingerprint density at radius 1 is 1.03 bits per heavy atom. The second kappa shape index (κ2) is 8.10. The molecule has 33 heavy (non-hydrogen) atoms. The Kier molecular flexibility index (Phi) is 5.56. The van der Waals surface area contributed by atoms with Gasteiger partial charge in [0.2, 0.25) is 0 Å². The largest absolute Gasteiger partial charge is 0.457 e. The fourth-order valence-electron chi connectivity index (χ4n) is 4.34. The third-order valence-electron chi connectivity index (χ3n) is 6.23. The maximum atomic E-state index is 12.2. The van der Waals surface area contributed by atoms with Gasteiger partial charge in [-0.05, 0) is 75.9 Å². The summed E-state index contributed by atoms with van der Waals surface area (Å²) in [4.78, 5) is 24.2. The van der Waals surface area contributed by atoms with Gasteiger partial charge in [-0.2, -0.15) is 0 Å². The Labute approximate surface area is 192 Å². The Morgan fingerprint density at radius 2 is 1.79 bits per heavy atom. The number of esters is 2. The van der Waals surface area contributed by atoms with E-state index in [0.717, 1.165) is 27.9 Å². The highest BCUT2D eigenvalue weighted by Gasteiger charge is 2.38. The van der Waals surface area contributed by atoms with Crippen molar-refractivity contribution in [3.63, 3.8) is 0 Å². The average Bonchev–Trinajstić information content (AvgIpc) is 3.57. The third-order valence-corrected chi connectivity index (χ3v) is 6.23. The number of benzene rings is 2. The minimum Gasteiger partial charge on any atom is -0.457 e. The number of carbonyl (C=O) groups excluding carboxylic acids is 2. The molecule has 4 rings (SSSR count). The zero-order chi connectivity index (χ0) is 24.0. The standard InChI is InChI=1S/C27H28O6/c1-7-24(28)32-27(8-2,20-14-18-9-10-21(20)30-18)12-11-17-13-23-19(15-22(17)31-23)26(5,6)33-25(29)16(3)4/h7,9-10,13-15H,1,3,8,11-12H2,2,4-6H3. The van der Waals surface area contributed by atoms with Crippen molar-refractivity contribution in [2.24, 2.45) is 0 Å². The summed E-state index contributed by atoms with van der Waals surface area (Å²) in [7, 11) is 0. The third kappa shape index (κ3) is 4.01. The predicted octanol–water partition coefficient (Wildman–Crippen LogP) is 6.38. The zero-order valence-electron chi connectivity index (χ0n) is 19.4. The van der Waals surface area contributed by atoms with Gasteiger partial charge in [-0.1, -0.05) is 20.1 Å². The van der Waals surface area contributed by atoms with E-state index >= 15 is 0 Å². The molecule has 0 fully saturated rings. The van der Waals surface area contributed by atoms with Gasteiger partial charge in [-0.15, -0.1) is 0 Å². The second-order valence-corrected chi connectivity index (χ2v) is 8.97. The van der Waals surface area contributed by atoms with Crippen molar-refractivity contribution in [1.82, 2.24) is 0 Å². The van der Waals surface area contributed by atoms with Gasteiger partial charge >= 0.3 is 11.9 Å². The highest BCUT2D eigenvalue weighted by atomic mass is 16.6. The molecule has 0 saturated carbocycles. The SMILES string of the molecule is C=CC(=O)OC(CC)(CCc1cc2oc1cc2C(C)(C)OC(=O)C(=C)C)c1cc2ccc1o2. The molecule has 0 amide bonds. The Morgan fingerprint density at radius 3 is 2.30 bits per heavy atom. The molecule has 4 aromatic rings. The van der Waals surface area contributed by atoms with Crippen molar-refractivity contribution in [3.8, 4) is 0 Å². The molecular formula is C27H28O6. The second-order valence-electron chi connectivity index (χ2n) is 8.97. The van der Waals surface area contributed by atoms with Crippen LogP contribution in [0.4, 0.5) is 0 Å². The van der Waals surface area contributed by atoms with Gasteiger partial charge in [0, 0.05) is 22.8 Å². The molecule has 0 saturated heterocycles. The summed E-state index contributed by atoms with van der Waals surface area (Å²) in [6, 6.07) is 9.59. The van der Waals surface area contributed by atoms with E-state index in [2.05, 4.69) is 13.2 Å². The first-order chi connectivity index (χ1) is 15.6. The number of furan rings is 4. The van der Waals surface area contributed by atoms with E-state index in [0.29, 0.717) is 36.0 Å². The Balaban J connectivity index is 1.59. The van der Waals surface area contributed by atoms with Crippen LogP contribution in [0.25, 0.3) is 22.3 Å². The molecule has 4 bridgehead atoms. The number of hydrogen-bond acceptors (Lipinski definition) is 6. The normalized spacial score (nSPS) is 13.9. The van der Waals surface area contributed by atoms with Crippen LogP contribution in [0.5, 0.6) is 0 Å². The van der Waals surface area contributed by atoms with Gasteiger partial charge in [0.05, 0.1) is 0 Å². The summed E-state index contributed by atoms with van der Waals surface area (Å²) < 4.78 is 23.2. The van der Waals surface area contributed by atoms with Crippen LogP contribution in [0.15, 0.2) is 64.0 Å². The van der Waals surface area contributed by atoms with Gasteiger partial charge in [0.1, 0.15) is 33.5 Å². The highest BCUT2D eigenvalue weighted by molar-refractivity contribution is 5.87. The van der Waals surface area contributed by atoms with Crippen LogP contribution in [0.1, 0.15) is 57.2 Å². The fourth-order valence-corrected chi connectivity index (χ4v) is 4.34. The number of ether oxygens (including phenoxy) is 2. The molecule has 6 heteroatoms. The van der Waals surface area contributed by atoms with Gasteiger partial charge in [0.25, 0.3) is 0 Å². The van der Waals surface area contributed by atoms with Gasteiger partial charge < -0.3 is 18.3 Å². The van der Waals surface area contributed by atoms with Crippen molar-refractivity contribution in [2.45, 2.75) is 58.2 Å². The van der Waals surface area contributed by atoms with Crippen LogP contribution in [-0.4, -0.2) is 11.9 Å². The highest BCUT2D eigenvalue weighted by Crippen LogP contribution is 2.42. The first-order valence-corrected chi connectivity index (χ1v) is 11.0. The van der Waals surface area contributed by atoms with Crippen LogP contribution in [0.2, 0.25) is 0 Å². The summed E-state index contributed by atoms with van der Waals surface area (Å²) in [6.07, 6.45) is 2.93. The maximum absolute atomic E-state index is 12.2. The van der Waals surface area contributed by atoms with Gasteiger partial charge in [0.15, 0.2) is 0 Å². The summed E-state index contributed by atoms with van der Waals surface area (Å²) in [5.74, 6) is -0.917. The van der Waals surface area contributed by atoms with Crippen LogP contribution in [-0.2, 0) is 36.7 Å². The number of aryl methyl sites for hydroxylation is 1. The monoisotopic (exact) mass is 448 g/mol. The first-order valence-electron chi connectivity index (χ1n) is 11.0. The van der Waals surface area contributed by atoms with E-state index in [-0.39, 0.29) is 0 Å². The summed E-state index contributed by atoms with van der Waals surface area (Å²) in [6.45, 7) is 14.4. The topological polar surface area (TPSA) is 78.9 Å². The van der Waals surface area contributed by atoms with Crippen LogP contribution < -0.4 is 0 Å². The minimum absolute atomic E-state index is 0.344. The average molecular weight is 449 g/mol. The Bertz CT molecular complexity index is 1320. The van der Waals surface area contributed by atoms with Crippen molar-refractivity contribution in [2.75, 3.05) is 0 Å². The number of hydrogen-bond donors (Lipinski definition) is 0. The summed E-state index contributed by atoms with van der Waals surface area (Å²) >= 11 is 0. The van der Waals surface area contributed by atoms with E-state index in [1.54, 1.807) is 6.92 Å². The lowest BCUT2D eigenvalue weighted by Crippen LogP contribution is -2.32. The number of carbonyl (C=O) groups is 2.